The molecule has 0 spiro atoms. The average molecular weight is 844 g/mol. The molecule has 2 aliphatic heterocycles. The maximum atomic E-state index is 14.1. The fourth-order valence-corrected chi connectivity index (χ4v) is 7.14. The highest BCUT2D eigenvalue weighted by Gasteiger charge is 2.62. The van der Waals surface area contributed by atoms with Gasteiger partial charge in [0.05, 0.1) is 32.8 Å². The normalized spacial score (nSPS) is 28.3. The van der Waals surface area contributed by atoms with Gasteiger partial charge < -0.3 is 62.9 Å². The monoisotopic (exact) mass is 843 g/mol. The summed E-state index contributed by atoms with van der Waals surface area (Å²) in [4.78, 5) is 76.2. The van der Waals surface area contributed by atoms with Gasteiger partial charge in [-0.1, -0.05) is 50.0 Å². The van der Waals surface area contributed by atoms with Gasteiger partial charge in [0.2, 0.25) is 5.91 Å². The molecule has 0 aromatic heterocycles. The molecule has 0 radical (unpaired) electrons. The van der Waals surface area contributed by atoms with Gasteiger partial charge in [0.15, 0.2) is 18.5 Å². The molecule has 1 aromatic carbocycles. The van der Waals surface area contributed by atoms with E-state index in [4.69, 9.17) is 47.4 Å². The zero-order valence-corrected chi connectivity index (χ0v) is 35.3. The van der Waals surface area contributed by atoms with E-state index < -0.39 is 124 Å². The first kappa shape index (κ1) is 48.3. The minimum Gasteiger partial charge on any atom is -0.465 e. The summed E-state index contributed by atoms with van der Waals surface area (Å²) in [6.07, 6.45) is -15.5. The molecule has 2 saturated heterocycles. The Labute approximate surface area is 338 Å². The molecule has 3 N–H and O–H groups in total. The number of methoxy groups -OCH3 is 1. The largest absolute Gasteiger partial charge is 0.465 e. The number of aliphatic hydroxyl groups excluding tert-OH is 2. The molecule has 2 fully saturated rings. The summed E-state index contributed by atoms with van der Waals surface area (Å²) in [5.41, 5.74) is 0.822. The van der Waals surface area contributed by atoms with Crippen molar-refractivity contribution in [3.05, 3.63) is 35.9 Å². The van der Waals surface area contributed by atoms with Crippen molar-refractivity contribution in [3.63, 3.8) is 0 Å². The lowest BCUT2D eigenvalue weighted by molar-refractivity contribution is -0.370. The van der Waals surface area contributed by atoms with Crippen molar-refractivity contribution in [2.75, 3.05) is 26.9 Å². The maximum Gasteiger partial charge on any atom is 0.366 e. The van der Waals surface area contributed by atoms with Crippen LogP contribution >= 0.6 is 0 Å². The Kier molecular flexibility index (Phi) is 18.2. The Morgan fingerprint density at radius 3 is 2.12 bits per heavy atom. The number of ether oxygens (including phenoxy) is 10. The first-order chi connectivity index (χ1) is 27.2. The summed E-state index contributed by atoms with van der Waals surface area (Å²) in [6, 6.07) is 8.37. The first-order valence-corrected chi connectivity index (χ1v) is 22.5. The summed E-state index contributed by atoms with van der Waals surface area (Å²) >= 11 is 0. The van der Waals surface area contributed by atoms with E-state index in [1.165, 1.54) is 0 Å². The van der Waals surface area contributed by atoms with Gasteiger partial charge in [0.25, 0.3) is 5.79 Å². The quantitative estimate of drug-likeness (QED) is 0.0995. The fraction of sp³-hybridized carbons (Fsp3) is 0.684. The molecule has 0 saturated carbocycles. The third kappa shape index (κ3) is 14.4. The molecule has 20 heteroatoms. The molecular weight excluding hydrogens is 786 g/mol. The second kappa shape index (κ2) is 21.8. The summed E-state index contributed by atoms with van der Waals surface area (Å²) in [5.74, 6) is -8.29. The van der Waals surface area contributed by atoms with E-state index in [9.17, 15) is 39.0 Å². The van der Waals surface area contributed by atoms with Crippen molar-refractivity contribution >= 4 is 43.8 Å². The van der Waals surface area contributed by atoms with Crippen LogP contribution in [-0.2, 0) is 82.7 Å². The van der Waals surface area contributed by atoms with E-state index in [-0.39, 0.29) is 19.8 Å². The van der Waals surface area contributed by atoms with E-state index >= 15 is 0 Å². The third-order valence-electron chi connectivity index (χ3n) is 8.99. The van der Waals surface area contributed by atoms with E-state index in [0.29, 0.717) is 6.04 Å². The highest BCUT2D eigenvalue weighted by Crippen LogP contribution is 2.40. The highest BCUT2D eigenvalue weighted by atomic mass is 28.3. The van der Waals surface area contributed by atoms with Crippen molar-refractivity contribution in [2.45, 2.75) is 140 Å². The van der Waals surface area contributed by atoms with Gasteiger partial charge >= 0.3 is 29.8 Å². The van der Waals surface area contributed by atoms with Crippen LogP contribution in [0.25, 0.3) is 0 Å². The second-order valence-electron chi connectivity index (χ2n) is 15.2. The van der Waals surface area contributed by atoms with Crippen LogP contribution in [0, 0.1) is 0 Å². The Morgan fingerprint density at radius 2 is 1.57 bits per heavy atom. The zero-order valence-electron chi connectivity index (χ0n) is 34.3. The highest BCUT2D eigenvalue weighted by molar-refractivity contribution is 6.76. The second-order valence-corrected chi connectivity index (χ2v) is 20.8. The molecule has 19 nitrogen and oxygen atoms in total. The Bertz CT molecular complexity index is 1560. The molecule has 1 amide bonds. The number of benzene rings is 1. The maximum absolute atomic E-state index is 14.1. The van der Waals surface area contributed by atoms with E-state index in [1.54, 1.807) is 0 Å². The SMILES string of the molecule is COC(=O)[C@@]1(O[C@H]2[C@@H](O)[C@@H](COCc3ccccc3)O[C@@H](OCC[Si](C)(C)C)[C@@H]2O)C[C@H](OC(C)=O)[C@@H](NC(C)=O)[C@H]([C@H](OC(C)=O)[C@@H](COC(C)=O)OC(C)=O)O1. The predicted molar refractivity (Wildman–Crippen MR) is 201 cm³/mol. The van der Waals surface area contributed by atoms with Crippen LogP contribution < -0.4 is 5.32 Å². The number of carbonyl (C=O) groups excluding carboxylic acids is 6. The van der Waals surface area contributed by atoms with Crippen LogP contribution in [0.2, 0.25) is 25.7 Å². The van der Waals surface area contributed by atoms with Crippen LogP contribution in [-0.4, -0.2) is 148 Å². The molecule has 2 heterocycles. The molecule has 1 aromatic rings. The van der Waals surface area contributed by atoms with Gasteiger partial charge in [-0.15, -0.1) is 0 Å². The molecule has 0 bridgehead atoms. The number of amides is 1. The molecule has 58 heavy (non-hydrogen) atoms. The lowest BCUT2D eigenvalue weighted by Gasteiger charge is -2.51. The van der Waals surface area contributed by atoms with Gasteiger partial charge in [-0.2, -0.15) is 0 Å². The number of carbonyl (C=O) groups is 6. The molecule has 0 unspecified atom stereocenters. The van der Waals surface area contributed by atoms with Crippen molar-refractivity contribution in [3.8, 4) is 0 Å². The standard InChI is InChI=1S/C38H57NO18Si/c1-21(40)39-30-27(52-23(3)42)17-38(37(47)48-6,56-34(30)33(54-25(5)44)29(53-24(4)43)20-51-22(2)41)57-35-31(45)28(19-49-18-26-13-11-10-12-14-26)55-36(32(35)46)50-15-16-58(7,8)9/h10-14,27-36,45-46H,15-20H2,1-9H3,(H,39,40)/t27-,28+,29+,30+,31-,32+,33+,34+,35-,36+,38-/m0/s1. The lowest BCUT2D eigenvalue weighted by Crippen LogP contribution is -2.71. The number of hydrogen-bond donors (Lipinski definition) is 3. The van der Waals surface area contributed by atoms with Gasteiger partial charge in [0, 0.05) is 49.3 Å². The molecular formula is C38H57NO18Si. The topological polar surface area (TPSA) is 247 Å². The zero-order chi connectivity index (χ0) is 43.4. The van der Waals surface area contributed by atoms with Crippen LogP contribution in [0.3, 0.4) is 0 Å². The van der Waals surface area contributed by atoms with Crippen LogP contribution in [0.1, 0.15) is 46.6 Å². The van der Waals surface area contributed by atoms with E-state index in [1.807, 2.05) is 30.3 Å². The van der Waals surface area contributed by atoms with Crippen molar-refractivity contribution in [2.24, 2.45) is 0 Å². The molecule has 326 valence electrons. The number of rotatable bonds is 19. The van der Waals surface area contributed by atoms with Crippen molar-refractivity contribution < 1.29 is 86.3 Å². The molecule has 2 aliphatic rings. The molecule has 0 aliphatic carbocycles. The number of nitrogens with one attached hydrogen (secondary N) is 1. The van der Waals surface area contributed by atoms with Gasteiger partial charge in [-0.05, 0) is 11.6 Å². The fourth-order valence-electron chi connectivity index (χ4n) is 6.40. The van der Waals surface area contributed by atoms with Gasteiger partial charge in [-0.25, -0.2) is 4.79 Å². The minimum atomic E-state index is -2.74. The van der Waals surface area contributed by atoms with Crippen molar-refractivity contribution in [1.29, 1.82) is 0 Å². The average Bonchev–Trinajstić information content (AvgIpc) is 3.12. The van der Waals surface area contributed by atoms with Gasteiger partial charge in [0.1, 0.15) is 43.2 Å². The number of esters is 5. The Morgan fingerprint density at radius 1 is 0.914 bits per heavy atom. The van der Waals surface area contributed by atoms with Gasteiger partial charge in [-0.3, -0.25) is 24.0 Å². The van der Waals surface area contributed by atoms with Crippen molar-refractivity contribution in [1.82, 2.24) is 5.32 Å². The summed E-state index contributed by atoms with van der Waals surface area (Å²) in [7, 11) is -0.670. The summed E-state index contributed by atoms with van der Waals surface area (Å²) in [6.45, 7) is 11.0. The Balaban J connectivity index is 2.17. The number of hydrogen-bond acceptors (Lipinski definition) is 18. The Hall–Kier alpha value is -4.02. The molecule has 11 atom stereocenters. The smallest absolute Gasteiger partial charge is 0.366 e. The van der Waals surface area contributed by atoms with E-state index in [0.717, 1.165) is 47.3 Å². The van der Waals surface area contributed by atoms with Crippen LogP contribution in [0.4, 0.5) is 0 Å². The predicted octanol–water partition coefficient (Wildman–Crippen LogP) is 0.911. The third-order valence-corrected chi connectivity index (χ3v) is 10.7. The lowest BCUT2D eigenvalue weighted by atomic mass is 9.87. The molecule has 3 rings (SSSR count). The van der Waals surface area contributed by atoms with Crippen LogP contribution in [0.15, 0.2) is 30.3 Å². The minimum absolute atomic E-state index is 0.127. The number of aliphatic hydroxyl groups is 2. The summed E-state index contributed by atoms with van der Waals surface area (Å²) in [5, 5.41) is 26.1. The summed E-state index contributed by atoms with van der Waals surface area (Å²) < 4.78 is 57.5. The van der Waals surface area contributed by atoms with Crippen LogP contribution in [0.5, 0.6) is 0 Å². The first-order valence-electron chi connectivity index (χ1n) is 18.8. The van der Waals surface area contributed by atoms with E-state index in [2.05, 4.69) is 25.0 Å².